The molecule has 0 fully saturated rings. The molecule has 4 atom stereocenters. The molecule has 0 N–H and O–H groups in total. The van der Waals surface area contributed by atoms with Crippen LogP contribution in [-0.4, -0.2) is 30.0 Å². The fourth-order valence-electron chi connectivity index (χ4n) is 15.8. The standard InChI is InChI=1S/C53H96F10O/c1-15-29-44(30-16-2,31-17-3)46(35-21-7,36-22-8)48(39-25-11,41(27-13)50(54,55)52(58,59)60)43(64)49(40-26-12,42(28-14)51(56,57)53(61,62)63)47(37-23-9,38-24-10)45(32-18-4,33-19-5)34-20-6/h41-42H,15-40H2,1-14H3. The lowest BCUT2D eigenvalue weighted by atomic mass is 9.32. The van der Waals surface area contributed by atoms with E-state index < -0.39 is 100.0 Å². The second-order valence-electron chi connectivity index (χ2n) is 20.2. The highest BCUT2D eigenvalue weighted by Crippen LogP contribution is 2.77. The average Bonchev–Trinajstić information content (AvgIpc) is 3.19. The SMILES string of the molecule is CCCC(CCC)(CCC)C(CCC)(CCC)C(CCC)(C(=O)C(CCC)(C(CC)C(F)(F)C(F)(F)F)C(CCC)(CCC)C(CCC)(CCC)CCC)C(CC)C(F)(F)C(F)(F)F. The summed E-state index contributed by atoms with van der Waals surface area (Å²) in [5, 5.41) is 0. The molecule has 11 heteroatoms. The van der Waals surface area contributed by atoms with E-state index in [1.807, 2.05) is 69.2 Å². The molecule has 4 unspecified atom stereocenters. The average molecular weight is 939 g/mol. The molecule has 64 heavy (non-hydrogen) atoms. The van der Waals surface area contributed by atoms with Gasteiger partial charge in [-0.25, -0.2) is 0 Å². The van der Waals surface area contributed by atoms with E-state index in [1.165, 1.54) is 13.8 Å². The fourth-order valence-corrected chi connectivity index (χ4v) is 15.8. The van der Waals surface area contributed by atoms with Crippen molar-refractivity contribution < 1.29 is 48.7 Å². The third-order valence-corrected chi connectivity index (χ3v) is 16.6. The van der Waals surface area contributed by atoms with Crippen LogP contribution in [0.3, 0.4) is 0 Å². The predicted octanol–water partition coefficient (Wildman–Crippen LogP) is 20.5. The van der Waals surface area contributed by atoms with Crippen LogP contribution < -0.4 is 0 Å². The Labute approximate surface area is 386 Å². The molecule has 0 bridgehead atoms. The summed E-state index contributed by atoms with van der Waals surface area (Å²) in [4.78, 5) is 18.1. The maximum Gasteiger partial charge on any atom is 0.453 e. The zero-order chi connectivity index (χ0) is 50.1. The Balaban J connectivity index is 11.2. The van der Waals surface area contributed by atoms with Gasteiger partial charge in [0.15, 0.2) is 0 Å². The van der Waals surface area contributed by atoms with E-state index in [0.717, 1.165) is 0 Å². The van der Waals surface area contributed by atoms with Crippen molar-refractivity contribution in [2.24, 2.45) is 44.3 Å². The first kappa shape index (κ1) is 63.0. The molecule has 0 aliphatic carbocycles. The van der Waals surface area contributed by atoms with Gasteiger partial charge < -0.3 is 0 Å². The van der Waals surface area contributed by atoms with Gasteiger partial charge in [-0.2, -0.15) is 43.9 Å². The topological polar surface area (TPSA) is 17.1 Å². The van der Waals surface area contributed by atoms with E-state index in [4.69, 9.17) is 0 Å². The van der Waals surface area contributed by atoms with Crippen LogP contribution in [0.1, 0.15) is 264 Å². The minimum absolute atomic E-state index is 0.0426. The summed E-state index contributed by atoms with van der Waals surface area (Å²) in [6.45, 7) is 24.8. The number of carbonyl (C=O) groups is 1. The van der Waals surface area contributed by atoms with E-state index in [2.05, 4.69) is 0 Å². The van der Waals surface area contributed by atoms with Crippen LogP contribution >= 0.6 is 0 Å². The minimum atomic E-state index is -6.14. The lowest BCUT2D eigenvalue weighted by molar-refractivity contribution is -0.339. The van der Waals surface area contributed by atoms with Crippen molar-refractivity contribution in [1.29, 1.82) is 0 Å². The first-order chi connectivity index (χ1) is 29.8. The molecule has 0 saturated heterocycles. The van der Waals surface area contributed by atoms with Gasteiger partial charge in [0.25, 0.3) is 0 Å². The molecule has 0 aliphatic heterocycles. The van der Waals surface area contributed by atoms with Crippen LogP contribution in [0.15, 0.2) is 0 Å². The van der Waals surface area contributed by atoms with Gasteiger partial charge in [0.05, 0.1) is 0 Å². The monoisotopic (exact) mass is 939 g/mol. The van der Waals surface area contributed by atoms with Crippen molar-refractivity contribution >= 4 is 5.78 Å². The van der Waals surface area contributed by atoms with Crippen LogP contribution in [0.2, 0.25) is 0 Å². The number of Topliss-reactive ketones (excluding diaryl/α,β-unsaturated/α-hetero) is 1. The zero-order valence-corrected chi connectivity index (χ0v) is 43.2. The number of carbonyl (C=O) groups excluding carboxylic acids is 1. The highest BCUT2D eigenvalue weighted by atomic mass is 19.4. The molecule has 0 spiro atoms. The largest absolute Gasteiger partial charge is 0.453 e. The predicted molar refractivity (Wildman–Crippen MR) is 248 cm³/mol. The van der Waals surface area contributed by atoms with E-state index in [-0.39, 0.29) is 38.5 Å². The third kappa shape index (κ3) is 11.0. The van der Waals surface area contributed by atoms with Gasteiger partial charge in [0, 0.05) is 22.7 Å². The van der Waals surface area contributed by atoms with E-state index >= 15 is 48.7 Å². The van der Waals surface area contributed by atoms with Crippen molar-refractivity contribution in [3.63, 3.8) is 0 Å². The Morgan fingerprint density at radius 1 is 0.312 bits per heavy atom. The van der Waals surface area contributed by atoms with Crippen molar-refractivity contribution in [3.8, 4) is 0 Å². The highest BCUT2D eigenvalue weighted by molar-refractivity contribution is 5.93. The Kier molecular flexibility index (Phi) is 25.7. The summed E-state index contributed by atoms with van der Waals surface area (Å²) in [7, 11) is 0. The van der Waals surface area contributed by atoms with Gasteiger partial charge in [0.2, 0.25) is 0 Å². The van der Waals surface area contributed by atoms with Gasteiger partial charge in [-0.3, -0.25) is 4.79 Å². The summed E-state index contributed by atoms with van der Waals surface area (Å²) in [5.74, 6) is -17.6. The second kappa shape index (κ2) is 26.1. The number of hydrogen-bond acceptors (Lipinski definition) is 1. The maximum atomic E-state index is 18.1. The lowest BCUT2D eigenvalue weighted by Gasteiger charge is -2.70. The van der Waals surface area contributed by atoms with Crippen LogP contribution in [-0.2, 0) is 4.79 Å². The molecule has 0 heterocycles. The number of alkyl halides is 10. The molecule has 0 aromatic rings. The highest BCUT2D eigenvalue weighted by Gasteiger charge is 2.81. The molecule has 0 amide bonds. The van der Waals surface area contributed by atoms with Gasteiger partial charge in [-0.05, 0) is 112 Å². The van der Waals surface area contributed by atoms with Gasteiger partial charge >= 0.3 is 24.2 Å². The molecule has 0 aliphatic rings. The molecular weight excluding hydrogens is 843 g/mol. The molecular formula is C53H96F10O. The summed E-state index contributed by atoms with van der Waals surface area (Å²) in [6, 6.07) is 0. The van der Waals surface area contributed by atoms with Gasteiger partial charge in [-0.15, -0.1) is 0 Å². The fraction of sp³-hybridized carbons (Fsp3) is 0.981. The first-order valence-corrected chi connectivity index (χ1v) is 26.2. The number of ketones is 1. The van der Waals surface area contributed by atoms with Crippen LogP contribution in [0.4, 0.5) is 43.9 Å². The summed E-state index contributed by atoms with van der Waals surface area (Å²) in [6.07, 6.45) is -8.12. The third-order valence-electron chi connectivity index (χ3n) is 16.6. The lowest BCUT2D eigenvalue weighted by Crippen LogP contribution is -2.73. The van der Waals surface area contributed by atoms with Gasteiger partial charge in [-0.1, -0.05) is 174 Å². The maximum absolute atomic E-state index is 18.1. The van der Waals surface area contributed by atoms with Crippen LogP contribution in [0, 0.1) is 44.3 Å². The number of hydrogen-bond donors (Lipinski definition) is 0. The van der Waals surface area contributed by atoms with Crippen LogP contribution in [0.5, 0.6) is 0 Å². The van der Waals surface area contributed by atoms with E-state index in [1.54, 1.807) is 13.8 Å². The van der Waals surface area contributed by atoms with Crippen molar-refractivity contribution in [1.82, 2.24) is 0 Å². The normalized spacial score (nSPS) is 17.0. The second-order valence-corrected chi connectivity index (χ2v) is 20.2. The minimum Gasteiger partial charge on any atom is -0.298 e. The zero-order valence-electron chi connectivity index (χ0n) is 43.2. The molecule has 1 nitrogen and oxygen atoms in total. The summed E-state index contributed by atoms with van der Waals surface area (Å²) < 4.78 is 164. The number of rotatable bonds is 36. The molecule has 0 rings (SSSR count). The Hall–Kier alpha value is -1.03. The van der Waals surface area contributed by atoms with Gasteiger partial charge in [0.1, 0.15) is 5.78 Å². The molecule has 384 valence electrons. The molecule has 0 aromatic carbocycles. The quantitative estimate of drug-likeness (QED) is 0.0572. The first-order valence-electron chi connectivity index (χ1n) is 26.2. The molecule has 0 saturated carbocycles. The van der Waals surface area contributed by atoms with Crippen LogP contribution in [0.25, 0.3) is 0 Å². The molecule has 0 radical (unpaired) electrons. The summed E-state index contributed by atoms with van der Waals surface area (Å²) in [5.41, 5.74) is -10.6. The van der Waals surface area contributed by atoms with Crippen molar-refractivity contribution in [2.75, 3.05) is 0 Å². The number of halogens is 10. The Bertz CT molecular complexity index is 1160. The smallest absolute Gasteiger partial charge is 0.298 e. The van der Waals surface area contributed by atoms with Crippen molar-refractivity contribution in [2.45, 2.75) is 288 Å². The molecule has 0 aromatic heterocycles. The Morgan fingerprint density at radius 2 is 0.500 bits per heavy atom. The summed E-state index contributed by atoms with van der Waals surface area (Å²) >= 11 is 0. The van der Waals surface area contributed by atoms with E-state index in [0.29, 0.717) is 103 Å². The van der Waals surface area contributed by atoms with E-state index in [9.17, 15) is 0 Å². The van der Waals surface area contributed by atoms with Crippen molar-refractivity contribution in [3.05, 3.63) is 0 Å². The Morgan fingerprint density at radius 3 is 0.641 bits per heavy atom.